The Bertz CT molecular complexity index is 756. The van der Waals surface area contributed by atoms with Gasteiger partial charge in [0.15, 0.2) is 0 Å². The minimum Gasteiger partial charge on any atom is -0.445 e. The Morgan fingerprint density at radius 2 is 2.04 bits per heavy atom. The fraction of sp³-hybridized carbons (Fsp3) is 0.450. The summed E-state index contributed by atoms with van der Waals surface area (Å²) in [5.74, 6) is 0.478. The summed E-state index contributed by atoms with van der Waals surface area (Å²) in [5.41, 5.74) is 1.47. The van der Waals surface area contributed by atoms with Crippen LogP contribution in [0.15, 0.2) is 42.7 Å². The number of hydrogen-bond acceptors (Lipinski definition) is 5. The standard InChI is InChI=1S/C20H25FN4O2/c1-15-4-6-16(7-5-15)13-27-19(26)25-11-8-20(2,17(21)12-25)14-24-18-22-9-3-10-23-18/h3-7,9-10,17H,8,11-14H2,1-2H3,(H,22,23,24)/t17-,20+/m1/s1. The number of piperidine rings is 1. The number of aromatic nitrogens is 2. The van der Waals surface area contributed by atoms with E-state index in [9.17, 15) is 9.18 Å². The third-order valence-corrected chi connectivity index (χ3v) is 5.05. The highest BCUT2D eigenvalue weighted by molar-refractivity contribution is 5.67. The third kappa shape index (κ3) is 4.93. The number of carbonyl (C=O) groups excluding carboxylic acids is 1. The van der Waals surface area contributed by atoms with Crippen LogP contribution in [0, 0.1) is 12.3 Å². The Hall–Kier alpha value is -2.70. The van der Waals surface area contributed by atoms with E-state index in [1.54, 1.807) is 18.5 Å². The second kappa shape index (κ2) is 8.33. The molecule has 0 radical (unpaired) electrons. The van der Waals surface area contributed by atoms with Gasteiger partial charge in [-0.3, -0.25) is 0 Å². The second-order valence-corrected chi connectivity index (χ2v) is 7.28. The molecule has 3 rings (SSSR count). The molecule has 144 valence electrons. The zero-order chi connectivity index (χ0) is 19.3. The maximum absolute atomic E-state index is 14.8. The molecule has 2 aromatic rings. The van der Waals surface area contributed by atoms with Gasteiger partial charge < -0.3 is 15.0 Å². The first-order valence-electron chi connectivity index (χ1n) is 9.08. The summed E-state index contributed by atoms with van der Waals surface area (Å²) in [6.45, 7) is 4.96. The number of aryl methyl sites for hydroxylation is 1. The van der Waals surface area contributed by atoms with Crippen LogP contribution >= 0.6 is 0 Å². The Balaban J connectivity index is 1.49. The van der Waals surface area contributed by atoms with Crippen molar-refractivity contribution >= 4 is 12.0 Å². The Morgan fingerprint density at radius 1 is 1.33 bits per heavy atom. The number of hydrogen-bond donors (Lipinski definition) is 1. The average Bonchev–Trinajstić information content (AvgIpc) is 2.69. The molecule has 0 aliphatic carbocycles. The van der Waals surface area contributed by atoms with Crippen LogP contribution in [0.2, 0.25) is 0 Å². The fourth-order valence-corrected chi connectivity index (χ4v) is 3.01. The van der Waals surface area contributed by atoms with Gasteiger partial charge in [0, 0.05) is 30.9 Å². The van der Waals surface area contributed by atoms with E-state index in [1.807, 2.05) is 38.1 Å². The SMILES string of the molecule is Cc1ccc(COC(=O)N2CC[C@@](C)(CNc3ncccn3)[C@H](F)C2)cc1. The summed E-state index contributed by atoms with van der Waals surface area (Å²) in [7, 11) is 0. The van der Waals surface area contributed by atoms with E-state index in [1.165, 1.54) is 4.90 Å². The highest BCUT2D eigenvalue weighted by atomic mass is 19.1. The van der Waals surface area contributed by atoms with Gasteiger partial charge in [0.25, 0.3) is 0 Å². The Labute approximate surface area is 158 Å². The lowest BCUT2D eigenvalue weighted by Gasteiger charge is -2.41. The normalized spacial score (nSPS) is 22.3. The minimum atomic E-state index is -1.16. The molecule has 1 amide bonds. The van der Waals surface area contributed by atoms with Crippen molar-refractivity contribution < 1.29 is 13.9 Å². The zero-order valence-electron chi connectivity index (χ0n) is 15.7. The molecule has 2 atom stereocenters. The maximum Gasteiger partial charge on any atom is 0.410 e. The zero-order valence-corrected chi connectivity index (χ0v) is 15.7. The van der Waals surface area contributed by atoms with Gasteiger partial charge in [-0.05, 0) is 25.0 Å². The maximum atomic E-state index is 14.8. The van der Waals surface area contributed by atoms with E-state index >= 15 is 0 Å². The minimum absolute atomic E-state index is 0.0283. The molecule has 7 heteroatoms. The lowest BCUT2D eigenvalue weighted by atomic mass is 9.79. The van der Waals surface area contributed by atoms with Crippen molar-refractivity contribution in [3.63, 3.8) is 0 Å². The number of anilines is 1. The van der Waals surface area contributed by atoms with Crippen molar-refractivity contribution in [1.82, 2.24) is 14.9 Å². The predicted molar refractivity (Wildman–Crippen MR) is 101 cm³/mol. The first kappa shape index (κ1) is 19.1. The predicted octanol–water partition coefficient (Wildman–Crippen LogP) is 3.58. The van der Waals surface area contributed by atoms with Crippen LogP contribution in [0.25, 0.3) is 0 Å². The number of ether oxygens (including phenoxy) is 1. The van der Waals surface area contributed by atoms with Crippen LogP contribution < -0.4 is 5.32 Å². The summed E-state index contributed by atoms with van der Waals surface area (Å²) in [6, 6.07) is 9.51. The number of nitrogens with one attached hydrogen (secondary N) is 1. The quantitative estimate of drug-likeness (QED) is 0.869. The van der Waals surface area contributed by atoms with Crippen molar-refractivity contribution in [3.8, 4) is 0 Å². The molecule has 0 unspecified atom stereocenters. The molecule has 27 heavy (non-hydrogen) atoms. The van der Waals surface area contributed by atoms with Crippen molar-refractivity contribution in [1.29, 1.82) is 0 Å². The summed E-state index contributed by atoms with van der Waals surface area (Å²) in [6.07, 6.45) is 2.18. The summed E-state index contributed by atoms with van der Waals surface area (Å²) < 4.78 is 20.2. The summed E-state index contributed by atoms with van der Waals surface area (Å²) >= 11 is 0. The highest BCUT2D eigenvalue weighted by Crippen LogP contribution is 2.34. The van der Waals surface area contributed by atoms with Gasteiger partial charge in [-0.1, -0.05) is 36.8 Å². The molecular formula is C20H25FN4O2. The van der Waals surface area contributed by atoms with E-state index in [4.69, 9.17) is 4.74 Å². The van der Waals surface area contributed by atoms with Crippen LogP contribution in [0.1, 0.15) is 24.5 Å². The topological polar surface area (TPSA) is 67.3 Å². The lowest BCUT2D eigenvalue weighted by Crippen LogP contribution is -2.52. The van der Waals surface area contributed by atoms with Crippen LogP contribution in [-0.2, 0) is 11.3 Å². The van der Waals surface area contributed by atoms with E-state index < -0.39 is 17.7 Å². The van der Waals surface area contributed by atoms with Gasteiger partial charge in [0.1, 0.15) is 12.8 Å². The molecule has 0 bridgehead atoms. The van der Waals surface area contributed by atoms with Crippen molar-refractivity contribution in [2.75, 3.05) is 25.0 Å². The number of halogens is 1. The van der Waals surface area contributed by atoms with E-state index in [0.717, 1.165) is 11.1 Å². The van der Waals surface area contributed by atoms with Gasteiger partial charge in [0.2, 0.25) is 5.95 Å². The van der Waals surface area contributed by atoms with Gasteiger partial charge in [-0.2, -0.15) is 0 Å². The van der Waals surface area contributed by atoms with E-state index in [-0.39, 0.29) is 13.2 Å². The number of nitrogens with zero attached hydrogens (tertiary/aromatic N) is 3. The molecule has 2 heterocycles. The van der Waals surface area contributed by atoms with Gasteiger partial charge >= 0.3 is 6.09 Å². The number of carbonyl (C=O) groups is 1. The molecule has 1 aliphatic rings. The molecule has 1 aliphatic heterocycles. The van der Waals surface area contributed by atoms with Gasteiger partial charge in [-0.15, -0.1) is 0 Å². The number of rotatable bonds is 5. The lowest BCUT2D eigenvalue weighted by molar-refractivity contribution is 0.0177. The van der Waals surface area contributed by atoms with E-state index in [2.05, 4.69) is 15.3 Å². The fourth-order valence-electron chi connectivity index (χ4n) is 3.01. The first-order valence-corrected chi connectivity index (χ1v) is 9.08. The van der Waals surface area contributed by atoms with Gasteiger partial charge in [0.05, 0.1) is 6.54 Å². The molecule has 1 N–H and O–H groups in total. The van der Waals surface area contributed by atoms with E-state index in [0.29, 0.717) is 25.5 Å². The molecule has 1 aromatic heterocycles. The highest BCUT2D eigenvalue weighted by Gasteiger charge is 2.41. The molecule has 1 fully saturated rings. The van der Waals surface area contributed by atoms with Crippen LogP contribution in [0.4, 0.5) is 15.1 Å². The Morgan fingerprint density at radius 3 is 2.70 bits per heavy atom. The molecular weight excluding hydrogens is 347 g/mol. The number of amides is 1. The summed E-state index contributed by atoms with van der Waals surface area (Å²) in [5, 5.41) is 3.08. The molecule has 6 nitrogen and oxygen atoms in total. The van der Waals surface area contributed by atoms with Crippen molar-refractivity contribution in [3.05, 3.63) is 53.9 Å². The molecule has 0 spiro atoms. The first-order chi connectivity index (χ1) is 13.0. The summed E-state index contributed by atoms with van der Waals surface area (Å²) in [4.78, 5) is 21.9. The van der Waals surface area contributed by atoms with Crippen molar-refractivity contribution in [2.45, 2.75) is 33.0 Å². The average molecular weight is 372 g/mol. The van der Waals surface area contributed by atoms with Crippen LogP contribution in [0.3, 0.4) is 0 Å². The molecule has 1 saturated heterocycles. The monoisotopic (exact) mass is 372 g/mol. The molecule has 1 aromatic carbocycles. The van der Waals surface area contributed by atoms with Crippen LogP contribution in [0.5, 0.6) is 0 Å². The van der Waals surface area contributed by atoms with Crippen molar-refractivity contribution in [2.24, 2.45) is 5.41 Å². The largest absolute Gasteiger partial charge is 0.445 e. The Kier molecular flexibility index (Phi) is 5.88. The number of alkyl halides is 1. The third-order valence-electron chi connectivity index (χ3n) is 5.05. The second-order valence-electron chi connectivity index (χ2n) is 7.28. The number of benzene rings is 1. The van der Waals surface area contributed by atoms with Crippen LogP contribution in [-0.4, -0.2) is 46.8 Å². The molecule has 0 saturated carbocycles. The smallest absolute Gasteiger partial charge is 0.410 e. The number of likely N-dealkylation sites (tertiary alicyclic amines) is 1. The van der Waals surface area contributed by atoms with Gasteiger partial charge in [-0.25, -0.2) is 19.2 Å².